The molecular weight excluding hydrogens is 236 g/mol. The quantitative estimate of drug-likeness (QED) is 0.798. The summed E-state index contributed by atoms with van der Waals surface area (Å²) in [6, 6.07) is 1.81. The van der Waals surface area contributed by atoms with E-state index in [0.29, 0.717) is 10.5 Å². The first-order valence-corrected chi connectivity index (χ1v) is 4.40. The van der Waals surface area contributed by atoms with Crippen molar-refractivity contribution in [2.45, 2.75) is 6.92 Å². The molecule has 5 nitrogen and oxygen atoms in total. The lowest BCUT2D eigenvalue weighted by atomic mass is 10.2. The van der Waals surface area contributed by atoms with Crippen LogP contribution in [0, 0.1) is 6.92 Å². The minimum Gasteiger partial charge on any atom is -0.454 e. The molecule has 0 spiro atoms. The van der Waals surface area contributed by atoms with Gasteiger partial charge in [-0.2, -0.15) is 4.98 Å². The van der Waals surface area contributed by atoms with Crippen LogP contribution in [0.2, 0.25) is 0 Å². The highest BCUT2D eigenvalue weighted by Crippen LogP contribution is 2.26. The molecule has 13 heavy (non-hydrogen) atoms. The Morgan fingerprint density at radius 2 is 2.38 bits per heavy atom. The molecule has 0 saturated carbocycles. The van der Waals surface area contributed by atoms with Gasteiger partial charge in [0.15, 0.2) is 10.5 Å². The number of anilines is 1. The standard InChI is InChI=1S/C7H7BrN4O/c1-3-4(2-5(8)13-3)6-10-7(9)12-11-6/h2H,1H3,(H3,9,10,11,12). The summed E-state index contributed by atoms with van der Waals surface area (Å²) in [5, 5.41) is 6.44. The fourth-order valence-electron chi connectivity index (χ4n) is 1.08. The van der Waals surface area contributed by atoms with Gasteiger partial charge in [-0.25, -0.2) is 0 Å². The number of aryl methyl sites for hydroxylation is 1. The summed E-state index contributed by atoms with van der Waals surface area (Å²) < 4.78 is 5.93. The van der Waals surface area contributed by atoms with E-state index in [1.165, 1.54) is 0 Å². The van der Waals surface area contributed by atoms with Crippen molar-refractivity contribution in [1.29, 1.82) is 0 Å². The highest BCUT2D eigenvalue weighted by molar-refractivity contribution is 9.10. The normalized spacial score (nSPS) is 10.6. The highest BCUT2D eigenvalue weighted by atomic mass is 79.9. The number of aromatic amines is 1. The summed E-state index contributed by atoms with van der Waals surface area (Å²) in [6.45, 7) is 1.85. The van der Waals surface area contributed by atoms with Crippen LogP contribution in [-0.2, 0) is 0 Å². The maximum Gasteiger partial charge on any atom is 0.239 e. The number of rotatable bonds is 1. The summed E-state index contributed by atoms with van der Waals surface area (Å²) in [5.74, 6) is 1.61. The fourth-order valence-corrected chi connectivity index (χ4v) is 1.55. The Hall–Kier alpha value is -1.30. The molecule has 0 atom stereocenters. The molecule has 2 rings (SSSR count). The lowest BCUT2D eigenvalue weighted by Gasteiger charge is -1.88. The van der Waals surface area contributed by atoms with E-state index in [1.807, 2.05) is 13.0 Å². The van der Waals surface area contributed by atoms with Crippen LogP contribution in [0.4, 0.5) is 5.95 Å². The van der Waals surface area contributed by atoms with E-state index < -0.39 is 0 Å². The fraction of sp³-hybridized carbons (Fsp3) is 0.143. The molecule has 0 amide bonds. The van der Waals surface area contributed by atoms with Crippen LogP contribution in [0.15, 0.2) is 15.2 Å². The van der Waals surface area contributed by atoms with Gasteiger partial charge < -0.3 is 10.2 Å². The van der Waals surface area contributed by atoms with E-state index in [2.05, 4.69) is 31.1 Å². The Kier molecular flexibility index (Phi) is 1.84. The van der Waals surface area contributed by atoms with Gasteiger partial charge in [0.25, 0.3) is 0 Å². The van der Waals surface area contributed by atoms with Gasteiger partial charge in [0, 0.05) is 6.07 Å². The molecule has 0 fully saturated rings. The Labute approximate surface area is 82.5 Å². The number of nitrogens with two attached hydrogens (primary N) is 1. The highest BCUT2D eigenvalue weighted by Gasteiger charge is 2.11. The van der Waals surface area contributed by atoms with Gasteiger partial charge >= 0.3 is 0 Å². The van der Waals surface area contributed by atoms with Crippen molar-refractivity contribution in [3.05, 3.63) is 16.5 Å². The molecule has 0 radical (unpaired) electrons. The zero-order valence-electron chi connectivity index (χ0n) is 6.84. The summed E-state index contributed by atoms with van der Waals surface area (Å²) >= 11 is 3.23. The number of nitrogen functional groups attached to an aromatic ring is 1. The molecule has 0 unspecified atom stereocenters. The van der Waals surface area contributed by atoms with Crippen LogP contribution in [-0.4, -0.2) is 15.2 Å². The Bertz CT molecular complexity index is 433. The zero-order valence-corrected chi connectivity index (χ0v) is 8.42. The van der Waals surface area contributed by atoms with Gasteiger partial charge in [-0.3, -0.25) is 5.10 Å². The van der Waals surface area contributed by atoms with Gasteiger partial charge in [-0.05, 0) is 22.9 Å². The molecule has 68 valence electrons. The van der Waals surface area contributed by atoms with Crippen LogP contribution in [0.5, 0.6) is 0 Å². The molecule has 0 aliphatic heterocycles. The lowest BCUT2D eigenvalue weighted by molar-refractivity contribution is 0.511. The van der Waals surface area contributed by atoms with E-state index in [9.17, 15) is 0 Å². The molecule has 0 aromatic carbocycles. The number of halogens is 1. The summed E-state index contributed by atoms with van der Waals surface area (Å²) in [7, 11) is 0. The van der Waals surface area contributed by atoms with Gasteiger partial charge in [-0.1, -0.05) is 0 Å². The summed E-state index contributed by atoms with van der Waals surface area (Å²) in [6.07, 6.45) is 0. The van der Waals surface area contributed by atoms with E-state index in [4.69, 9.17) is 10.2 Å². The monoisotopic (exact) mass is 242 g/mol. The Morgan fingerprint density at radius 3 is 2.85 bits per heavy atom. The van der Waals surface area contributed by atoms with Gasteiger partial charge in [0.05, 0.1) is 5.56 Å². The third-order valence-electron chi connectivity index (χ3n) is 1.65. The maximum atomic E-state index is 5.38. The molecule has 2 heterocycles. The van der Waals surface area contributed by atoms with Crippen LogP contribution >= 0.6 is 15.9 Å². The number of nitrogens with zero attached hydrogens (tertiary/aromatic N) is 2. The Balaban J connectivity index is 2.51. The molecule has 2 aromatic rings. The van der Waals surface area contributed by atoms with E-state index >= 15 is 0 Å². The first-order chi connectivity index (χ1) is 6.16. The zero-order chi connectivity index (χ0) is 9.42. The van der Waals surface area contributed by atoms with Crippen molar-refractivity contribution in [3.8, 4) is 11.4 Å². The molecule has 0 aliphatic carbocycles. The average molecular weight is 243 g/mol. The third kappa shape index (κ3) is 1.44. The number of aromatic nitrogens is 3. The van der Waals surface area contributed by atoms with Crippen LogP contribution in [0.3, 0.4) is 0 Å². The van der Waals surface area contributed by atoms with Crippen molar-refractivity contribution < 1.29 is 4.42 Å². The predicted octanol–water partition coefficient (Wildman–Crippen LogP) is 1.72. The second kappa shape index (κ2) is 2.88. The van der Waals surface area contributed by atoms with Gasteiger partial charge in [0.2, 0.25) is 5.95 Å². The second-order valence-electron chi connectivity index (χ2n) is 2.56. The molecule has 0 saturated heterocycles. The van der Waals surface area contributed by atoms with Crippen molar-refractivity contribution in [2.24, 2.45) is 0 Å². The first-order valence-electron chi connectivity index (χ1n) is 3.61. The SMILES string of the molecule is Cc1oc(Br)cc1-c1nc(N)n[nH]1. The van der Waals surface area contributed by atoms with Crippen molar-refractivity contribution in [3.63, 3.8) is 0 Å². The molecule has 6 heteroatoms. The third-order valence-corrected chi connectivity index (χ3v) is 2.04. The number of nitrogens with one attached hydrogen (secondary N) is 1. The lowest BCUT2D eigenvalue weighted by Crippen LogP contribution is -1.85. The second-order valence-corrected chi connectivity index (χ2v) is 3.34. The number of hydrogen-bond acceptors (Lipinski definition) is 4. The summed E-state index contributed by atoms with van der Waals surface area (Å²) in [5.41, 5.74) is 6.23. The number of hydrogen-bond donors (Lipinski definition) is 2. The first kappa shape index (κ1) is 8.31. The van der Waals surface area contributed by atoms with Crippen molar-refractivity contribution >= 4 is 21.9 Å². The van der Waals surface area contributed by atoms with Crippen molar-refractivity contribution in [1.82, 2.24) is 15.2 Å². The minimum absolute atomic E-state index is 0.228. The molecule has 3 N–H and O–H groups in total. The predicted molar refractivity (Wildman–Crippen MR) is 50.9 cm³/mol. The minimum atomic E-state index is 0.228. The van der Waals surface area contributed by atoms with Crippen LogP contribution < -0.4 is 5.73 Å². The van der Waals surface area contributed by atoms with Crippen molar-refractivity contribution in [2.75, 3.05) is 5.73 Å². The number of H-pyrrole nitrogens is 1. The van der Waals surface area contributed by atoms with E-state index in [0.717, 1.165) is 11.3 Å². The molecule has 2 aromatic heterocycles. The average Bonchev–Trinajstić information content (AvgIpc) is 2.58. The van der Waals surface area contributed by atoms with E-state index in [-0.39, 0.29) is 5.95 Å². The molecule has 0 aliphatic rings. The van der Waals surface area contributed by atoms with E-state index in [1.54, 1.807) is 0 Å². The summed E-state index contributed by atoms with van der Waals surface area (Å²) in [4.78, 5) is 3.99. The maximum absolute atomic E-state index is 5.38. The topological polar surface area (TPSA) is 80.7 Å². The van der Waals surface area contributed by atoms with Crippen LogP contribution in [0.1, 0.15) is 5.76 Å². The van der Waals surface area contributed by atoms with Gasteiger partial charge in [0.1, 0.15) is 5.76 Å². The smallest absolute Gasteiger partial charge is 0.239 e. The van der Waals surface area contributed by atoms with Gasteiger partial charge in [-0.15, -0.1) is 5.10 Å². The number of furan rings is 1. The molecule has 0 bridgehead atoms. The molecular formula is C7H7BrN4O. The Morgan fingerprint density at radius 1 is 1.62 bits per heavy atom. The largest absolute Gasteiger partial charge is 0.454 e. The van der Waals surface area contributed by atoms with Crippen LogP contribution in [0.25, 0.3) is 11.4 Å².